The van der Waals surface area contributed by atoms with Crippen LogP contribution in [0.25, 0.3) is 11.3 Å². The third kappa shape index (κ3) is 3.23. The summed E-state index contributed by atoms with van der Waals surface area (Å²) in [4.78, 5) is 16.6. The summed E-state index contributed by atoms with van der Waals surface area (Å²) in [5.41, 5.74) is 2.97. The van der Waals surface area contributed by atoms with E-state index >= 15 is 0 Å². The molecule has 0 aliphatic carbocycles. The molecule has 1 amide bonds. The molecular formula is C17H15ClN4O2. The molecule has 3 rings (SSSR count). The molecule has 0 radical (unpaired) electrons. The molecule has 1 aromatic carbocycles. The molecule has 2 N–H and O–H groups in total. The summed E-state index contributed by atoms with van der Waals surface area (Å²) >= 11 is 6.15. The van der Waals surface area contributed by atoms with E-state index in [0.717, 1.165) is 5.56 Å². The maximum Gasteiger partial charge on any atom is 0.273 e. The Morgan fingerprint density at radius 2 is 2.04 bits per heavy atom. The minimum absolute atomic E-state index is 0.309. The van der Waals surface area contributed by atoms with Gasteiger partial charge in [0.15, 0.2) is 0 Å². The van der Waals surface area contributed by atoms with Crippen LogP contribution in [0.4, 0.5) is 5.69 Å². The molecule has 2 aromatic heterocycles. The fourth-order valence-corrected chi connectivity index (χ4v) is 2.45. The van der Waals surface area contributed by atoms with E-state index in [9.17, 15) is 4.79 Å². The number of anilines is 1. The van der Waals surface area contributed by atoms with Gasteiger partial charge in [0, 0.05) is 11.6 Å². The molecule has 122 valence electrons. The molecule has 0 unspecified atom stereocenters. The number of methoxy groups -OCH3 is 1. The SMILES string of the molecule is COc1ccc(NC(=O)c2cc(-c3ccccc3Cl)n[nH]2)c(C)n1. The summed E-state index contributed by atoms with van der Waals surface area (Å²) in [6, 6.07) is 12.4. The number of halogens is 1. The zero-order valence-corrected chi connectivity index (χ0v) is 13.9. The van der Waals surface area contributed by atoms with Crippen molar-refractivity contribution in [1.82, 2.24) is 15.2 Å². The molecule has 6 nitrogen and oxygen atoms in total. The molecule has 3 aromatic rings. The van der Waals surface area contributed by atoms with E-state index in [2.05, 4.69) is 20.5 Å². The molecule has 0 fully saturated rings. The van der Waals surface area contributed by atoms with Crippen molar-refractivity contribution < 1.29 is 9.53 Å². The molecule has 0 atom stereocenters. The smallest absolute Gasteiger partial charge is 0.273 e. The number of hydrogen-bond donors (Lipinski definition) is 2. The number of hydrogen-bond acceptors (Lipinski definition) is 4. The molecule has 0 spiro atoms. The standard InChI is InChI=1S/C17H15ClN4O2/c1-10-13(7-8-16(19-10)24-2)20-17(23)15-9-14(21-22-15)11-5-3-4-6-12(11)18/h3-9H,1-2H3,(H,20,23)(H,21,22). The second-order valence-corrected chi connectivity index (χ2v) is 5.49. The topological polar surface area (TPSA) is 79.9 Å². The minimum Gasteiger partial charge on any atom is -0.481 e. The lowest BCUT2D eigenvalue weighted by atomic mass is 10.1. The highest BCUT2D eigenvalue weighted by atomic mass is 35.5. The van der Waals surface area contributed by atoms with Crippen LogP contribution in [0, 0.1) is 6.92 Å². The first-order valence-corrected chi connectivity index (χ1v) is 7.59. The second-order valence-electron chi connectivity index (χ2n) is 5.09. The van der Waals surface area contributed by atoms with Crippen molar-refractivity contribution >= 4 is 23.2 Å². The Bertz CT molecular complexity index is 892. The van der Waals surface area contributed by atoms with Gasteiger partial charge in [-0.1, -0.05) is 29.8 Å². The normalized spacial score (nSPS) is 10.5. The molecule has 7 heteroatoms. The third-order valence-electron chi connectivity index (χ3n) is 3.49. The lowest BCUT2D eigenvalue weighted by Crippen LogP contribution is -2.13. The van der Waals surface area contributed by atoms with E-state index in [0.29, 0.717) is 33.7 Å². The van der Waals surface area contributed by atoms with Gasteiger partial charge in [-0.05, 0) is 25.1 Å². The predicted octanol–water partition coefficient (Wildman–Crippen LogP) is 3.69. The number of rotatable bonds is 4. The maximum atomic E-state index is 12.4. The average molecular weight is 343 g/mol. The number of aromatic nitrogens is 3. The van der Waals surface area contributed by atoms with Crippen molar-refractivity contribution in [3.05, 3.63) is 58.9 Å². The summed E-state index contributed by atoms with van der Waals surface area (Å²) in [5.74, 6) is 0.184. The molecule has 24 heavy (non-hydrogen) atoms. The van der Waals surface area contributed by atoms with Crippen LogP contribution in [0.5, 0.6) is 5.88 Å². The number of ether oxygens (including phenoxy) is 1. The van der Waals surface area contributed by atoms with Crippen LogP contribution in [-0.2, 0) is 0 Å². The number of amides is 1. The third-order valence-corrected chi connectivity index (χ3v) is 3.82. The number of nitrogens with zero attached hydrogens (tertiary/aromatic N) is 2. The highest BCUT2D eigenvalue weighted by Crippen LogP contribution is 2.26. The molecular weight excluding hydrogens is 328 g/mol. The number of nitrogens with one attached hydrogen (secondary N) is 2. The van der Waals surface area contributed by atoms with Gasteiger partial charge >= 0.3 is 0 Å². The van der Waals surface area contributed by atoms with Gasteiger partial charge in [-0.15, -0.1) is 0 Å². The lowest BCUT2D eigenvalue weighted by Gasteiger charge is -2.07. The van der Waals surface area contributed by atoms with E-state index in [-0.39, 0.29) is 5.91 Å². The fourth-order valence-electron chi connectivity index (χ4n) is 2.22. The summed E-state index contributed by atoms with van der Waals surface area (Å²) in [6.45, 7) is 1.79. The van der Waals surface area contributed by atoms with Gasteiger partial charge in [0.2, 0.25) is 5.88 Å². The first-order valence-electron chi connectivity index (χ1n) is 7.22. The quantitative estimate of drug-likeness (QED) is 0.757. The average Bonchev–Trinajstić information content (AvgIpc) is 3.07. The van der Waals surface area contributed by atoms with Gasteiger partial charge in [0.25, 0.3) is 5.91 Å². The molecule has 0 saturated carbocycles. The number of aryl methyl sites for hydroxylation is 1. The van der Waals surface area contributed by atoms with Crippen molar-refractivity contribution in [3.63, 3.8) is 0 Å². The largest absolute Gasteiger partial charge is 0.481 e. The van der Waals surface area contributed by atoms with Crippen LogP contribution >= 0.6 is 11.6 Å². The molecule has 0 aliphatic rings. The lowest BCUT2D eigenvalue weighted by molar-refractivity contribution is 0.102. The summed E-state index contributed by atoms with van der Waals surface area (Å²) in [5, 5.41) is 10.3. The van der Waals surface area contributed by atoms with Crippen LogP contribution < -0.4 is 10.1 Å². The monoisotopic (exact) mass is 342 g/mol. The molecule has 0 aliphatic heterocycles. The zero-order valence-electron chi connectivity index (χ0n) is 13.1. The highest BCUT2D eigenvalue weighted by molar-refractivity contribution is 6.33. The molecule has 0 bridgehead atoms. The van der Waals surface area contributed by atoms with Gasteiger partial charge in [-0.2, -0.15) is 5.10 Å². The number of carbonyl (C=O) groups excluding carboxylic acids is 1. The van der Waals surface area contributed by atoms with Gasteiger partial charge < -0.3 is 10.1 Å². The second kappa shape index (κ2) is 6.72. The fraction of sp³-hybridized carbons (Fsp3) is 0.118. The predicted molar refractivity (Wildman–Crippen MR) is 92.5 cm³/mol. The van der Waals surface area contributed by atoms with E-state index < -0.39 is 0 Å². The van der Waals surface area contributed by atoms with Gasteiger partial charge in [-0.25, -0.2) is 4.98 Å². The van der Waals surface area contributed by atoms with Gasteiger partial charge in [0.1, 0.15) is 5.69 Å². The van der Waals surface area contributed by atoms with Crippen LogP contribution in [0.3, 0.4) is 0 Å². The summed E-state index contributed by atoms with van der Waals surface area (Å²) in [7, 11) is 1.54. The maximum absolute atomic E-state index is 12.4. The number of carbonyl (C=O) groups is 1. The van der Waals surface area contributed by atoms with Gasteiger partial charge in [-0.3, -0.25) is 9.89 Å². The van der Waals surface area contributed by atoms with Crippen molar-refractivity contribution in [1.29, 1.82) is 0 Å². The summed E-state index contributed by atoms with van der Waals surface area (Å²) in [6.07, 6.45) is 0. The first-order chi connectivity index (χ1) is 11.6. The Morgan fingerprint density at radius 3 is 2.75 bits per heavy atom. The number of benzene rings is 1. The van der Waals surface area contributed by atoms with E-state index in [4.69, 9.17) is 16.3 Å². The number of aromatic amines is 1. The first kappa shape index (κ1) is 16.0. The van der Waals surface area contributed by atoms with E-state index in [1.807, 2.05) is 18.2 Å². The number of H-pyrrole nitrogens is 1. The van der Waals surface area contributed by atoms with E-state index in [1.54, 1.807) is 38.3 Å². The Balaban J connectivity index is 1.81. The Labute approximate surface area is 143 Å². The van der Waals surface area contributed by atoms with Crippen molar-refractivity contribution in [2.45, 2.75) is 6.92 Å². The Kier molecular flexibility index (Phi) is 4.48. The zero-order chi connectivity index (χ0) is 17.1. The number of pyridine rings is 1. The highest BCUT2D eigenvalue weighted by Gasteiger charge is 2.14. The Morgan fingerprint density at radius 1 is 1.25 bits per heavy atom. The van der Waals surface area contributed by atoms with Crippen molar-refractivity contribution in [3.8, 4) is 17.1 Å². The Hall–Kier alpha value is -2.86. The van der Waals surface area contributed by atoms with Crippen LogP contribution in [-0.4, -0.2) is 28.2 Å². The molecule has 0 saturated heterocycles. The van der Waals surface area contributed by atoms with E-state index in [1.165, 1.54) is 0 Å². The van der Waals surface area contributed by atoms with Crippen molar-refractivity contribution in [2.24, 2.45) is 0 Å². The van der Waals surface area contributed by atoms with Crippen LogP contribution in [0.2, 0.25) is 5.02 Å². The molecule has 2 heterocycles. The summed E-state index contributed by atoms with van der Waals surface area (Å²) < 4.78 is 5.05. The van der Waals surface area contributed by atoms with Crippen LogP contribution in [0.15, 0.2) is 42.5 Å². The van der Waals surface area contributed by atoms with Crippen molar-refractivity contribution in [2.75, 3.05) is 12.4 Å². The van der Waals surface area contributed by atoms with Gasteiger partial charge in [0.05, 0.1) is 29.2 Å². The minimum atomic E-state index is -0.309. The van der Waals surface area contributed by atoms with Crippen LogP contribution in [0.1, 0.15) is 16.2 Å².